The molecule has 0 atom stereocenters. The third kappa shape index (κ3) is 4.95. The monoisotopic (exact) mass is 643 g/mol. The van der Waals surface area contributed by atoms with Gasteiger partial charge in [0.25, 0.3) is 11.8 Å². The van der Waals surface area contributed by atoms with Gasteiger partial charge in [0.1, 0.15) is 11.3 Å². The molecule has 2 amide bonds. The number of hydrogen-bond acceptors (Lipinski definition) is 6. The standard InChI is InChI=1S/C27H27Br2N5O4/c1-32-26(35)22(20-16-33(10-14-37-12-6-28)24-18(20)4-2-8-30-24)23(27(32)36)21-17-34(11-15-38-13-7-29)25-19(21)5-3-9-31-25/h2-5,8-9,16-17H,6-7,10-15H2,1H3. The van der Waals surface area contributed by atoms with Crippen LogP contribution >= 0.6 is 31.9 Å². The zero-order valence-electron chi connectivity index (χ0n) is 20.9. The summed E-state index contributed by atoms with van der Waals surface area (Å²) in [6.45, 7) is 3.34. The topological polar surface area (TPSA) is 91.5 Å². The number of fused-ring (bicyclic) bond motifs is 2. The first-order valence-electron chi connectivity index (χ1n) is 12.3. The number of likely N-dealkylation sites (N-methyl/N-ethyl adjacent to an activating group) is 1. The Morgan fingerprint density at radius 3 is 1.61 bits per heavy atom. The van der Waals surface area contributed by atoms with Crippen LogP contribution in [0.3, 0.4) is 0 Å². The molecule has 38 heavy (non-hydrogen) atoms. The Labute approximate surface area is 236 Å². The average Bonchev–Trinajstić information content (AvgIpc) is 3.55. The first kappa shape index (κ1) is 26.7. The van der Waals surface area contributed by atoms with Crippen molar-refractivity contribution in [2.45, 2.75) is 13.1 Å². The fraction of sp³-hybridized carbons (Fsp3) is 0.333. The molecule has 0 fully saturated rings. The Balaban J connectivity index is 1.65. The lowest BCUT2D eigenvalue weighted by Gasteiger charge is -2.06. The van der Waals surface area contributed by atoms with Crippen molar-refractivity contribution in [1.82, 2.24) is 24.0 Å². The Kier molecular flexibility index (Phi) is 8.37. The summed E-state index contributed by atoms with van der Waals surface area (Å²) in [5.74, 6) is -0.678. The van der Waals surface area contributed by atoms with Crippen molar-refractivity contribution in [1.29, 1.82) is 0 Å². The van der Waals surface area contributed by atoms with E-state index in [1.165, 1.54) is 11.9 Å². The van der Waals surface area contributed by atoms with E-state index in [4.69, 9.17) is 9.47 Å². The maximum atomic E-state index is 13.6. The highest BCUT2D eigenvalue weighted by atomic mass is 79.9. The number of nitrogens with zero attached hydrogens (tertiary/aromatic N) is 5. The number of ether oxygens (including phenoxy) is 2. The molecule has 11 heteroatoms. The van der Waals surface area contributed by atoms with Gasteiger partial charge in [0.2, 0.25) is 0 Å². The number of amides is 2. The number of aromatic nitrogens is 4. The van der Waals surface area contributed by atoms with Gasteiger partial charge in [-0.1, -0.05) is 31.9 Å². The maximum Gasteiger partial charge on any atom is 0.261 e. The van der Waals surface area contributed by atoms with Gasteiger partial charge >= 0.3 is 0 Å². The van der Waals surface area contributed by atoms with Crippen molar-refractivity contribution >= 4 is 76.9 Å². The van der Waals surface area contributed by atoms with Crippen molar-refractivity contribution in [3.05, 3.63) is 60.2 Å². The van der Waals surface area contributed by atoms with Crippen molar-refractivity contribution in [3.8, 4) is 0 Å². The van der Waals surface area contributed by atoms with Crippen LogP contribution in [-0.4, -0.2) is 80.0 Å². The maximum absolute atomic E-state index is 13.6. The molecule has 4 aromatic rings. The summed E-state index contributed by atoms with van der Waals surface area (Å²) < 4.78 is 15.3. The number of imide groups is 1. The summed E-state index contributed by atoms with van der Waals surface area (Å²) in [4.78, 5) is 37.5. The van der Waals surface area contributed by atoms with E-state index in [0.717, 1.165) is 32.7 Å². The second-order valence-electron chi connectivity index (χ2n) is 8.74. The number of carbonyl (C=O) groups is 2. The molecule has 0 saturated carbocycles. The number of hydrogen-bond donors (Lipinski definition) is 0. The summed E-state index contributed by atoms with van der Waals surface area (Å²) in [5, 5.41) is 3.13. The van der Waals surface area contributed by atoms with Crippen LogP contribution < -0.4 is 0 Å². The predicted octanol–water partition coefficient (Wildman–Crippen LogP) is 4.12. The Bertz CT molecular complexity index is 1410. The molecular weight excluding hydrogens is 618 g/mol. The number of halogens is 2. The second-order valence-corrected chi connectivity index (χ2v) is 10.3. The van der Waals surface area contributed by atoms with Crippen molar-refractivity contribution < 1.29 is 19.1 Å². The summed E-state index contributed by atoms with van der Waals surface area (Å²) in [6.07, 6.45) is 7.25. The zero-order valence-corrected chi connectivity index (χ0v) is 24.1. The molecule has 0 spiro atoms. The molecule has 0 bridgehead atoms. The summed E-state index contributed by atoms with van der Waals surface area (Å²) >= 11 is 6.74. The minimum absolute atomic E-state index is 0.339. The predicted molar refractivity (Wildman–Crippen MR) is 153 cm³/mol. The van der Waals surface area contributed by atoms with Crippen LogP contribution in [0.15, 0.2) is 49.1 Å². The normalized spacial score (nSPS) is 14.1. The van der Waals surface area contributed by atoms with E-state index in [1.54, 1.807) is 12.4 Å². The Morgan fingerprint density at radius 1 is 0.737 bits per heavy atom. The van der Waals surface area contributed by atoms with Crippen molar-refractivity contribution in [3.63, 3.8) is 0 Å². The fourth-order valence-electron chi connectivity index (χ4n) is 4.76. The highest BCUT2D eigenvalue weighted by Crippen LogP contribution is 2.40. The smallest absolute Gasteiger partial charge is 0.261 e. The van der Waals surface area contributed by atoms with E-state index in [9.17, 15) is 9.59 Å². The van der Waals surface area contributed by atoms with Crippen LogP contribution in [0, 0.1) is 0 Å². The van der Waals surface area contributed by atoms with E-state index < -0.39 is 0 Å². The van der Waals surface area contributed by atoms with Gasteiger partial charge < -0.3 is 18.6 Å². The molecule has 0 aromatic carbocycles. The lowest BCUT2D eigenvalue weighted by molar-refractivity contribution is -0.134. The molecule has 1 aliphatic heterocycles. The van der Waals surface area contributed by atoms with Gasteiger partial charge in [0, 0.05) is 77.5 Å². The van der Waals surface area contributed by atoms with Gasteiger partial charge in [-0.25, -0.2) is 9.97 Å². The first-order valence-corrected chi connectivity index (χ1v) is 14.5. The highest BCUT2D eigenvalue weighted by molar-refractivity contribution is 9.09. The zero-order chi connectivity index (χ0) is 26.6. The molecule has 1 aliphatic rings. The molecule has 9 nitrogen and oxygen atoms in total. The molecular formula is C27H27Br2N5O4. The Hall–Kier alpha value is -2.86. The molecule has 0 N–H and O–H groups in total. The van der Waals surface area contributed by atoms with Gasteiger partial charge in [-0.2, -0.15) is 0 Å². The van der Waals surface area contributed by atoms with Gasteiger partial charge in [-0.15, -0.1) is 0 Å². The van der Waals surface area contributed by atoms with Gasteiger partial charge in [0.15, 0.2) is 0 Å². The highest BCUT2D eigenvalue weighted by Gasteiger charge is 2.39. The molecule has 0 aliphatic carbocycles. The van der Waals surface area contributed by atoms with Crippen molar-refractivity contribution in [2.24, 2.45) is 0 Å². The number of rotatable bonds is 12. The molecule has 5 heterocycles. The lowest BCUT2D eigenvalue weighted by Crippen LogP contribution is -2.26. The molecule has 0 radical (unpaired) electrons. The largest absolute Gasteiger partial charge is 0.379 e. The second kappa shape index (κ2) is 11.9. The molecule has 0 unspecified atom stereocenters. The summed E-state index contributed by atoms with van der Waals surface area (Å²) in [5.41, 5.74) is 3.57. The van der Waals surface area contributed by atoms with E-state index in [-0.39, 0.29) is 11.8 Å². The minimum atomic E-state index is -0.339. The molecule has 5 rings (SSSR count). The van der Waals surface area contributed by atoms with Gasteiger partial charge in [-0.05, 0) is 24.3 Å². The number of carbonyl (C=O) groups excluding carboxylic acids is 2. The van der Waals surface area contributed by atoms with Gasteiger partial charge in [0.05, 0.1) is 37.6 Å². The molecule has 0 saturated heterocycles. The van der Waals surface area contributed by atoms with Crippen LogP contribution in [0.2, 0.25) is 0 Å². The molecule has 4 aromatic heterocycles. The van der Waals surface area contributed by atoms with Crippen LogP contribution in [0.25, 0.3) is 33.2 Å². The van der Waals surface area contributed by atoms with E-state index >= 15 is 0 Å². The van der Waals surface area contributed by atoms with Crippen LogP contribution in [0.4, 0.5) is 0 Å². The Morgan fingerprint density at radius 2 is 1.18 bits per heavy atom. The minimum Gasteiger partial charge on any atom is -0.379 e. The third-order valence-electron chi connectivity index (χ3n) is 6.49. The molecule has 198 valence electrons. The SMILES string of the molecule is CN1C(=O)C(c2cn(CCOCCBr)c3ncccc23)=C(c2cn(CCOCCBr)c3ncccc23)C1=O. The van der Waals surface area contributed by atoms with E-state index in [0.29, 0.717) is 61.8 Å². The quantitative estimate of drug-likeness (QED) is 0.131. The average molecular weight is 645 g/mol. The third-order valence-corrected chi connectivity index (χ3v) is 7.14. The van der Waals surface area contributed by atoms with Gasteiger partial charge in [-0.3, -0.25) is 14.5 Å². The summed E-state index contributed by atoms with van der Waals surface area (Å²) in [7, 11) is 1.52. The summed E-state index contributed by atoms with van der Waals surface area (Å²) in [6, 6.07) is 7.54. The lowest BCUT2D eigenvalue weighted by atomic mass is 9.96. The van der Waals surface area contributed by atoms with Crippen molar-refractivity contribution in [2.75, 3.05) is 44.1 Å². The number of pyridine rings is 2. The van der Waals surface area contributed by atoms with Crippen LogP contribution in [-0.2, 0) is 32.2 Å². The van der Waals surface area contributed by atoms with Crippen LogP contribution in [0.5, 0.6) is 0 Å². The number of alkyl halides is 2. The van der Waals surface area contributed by atoms with E-state index in [2.05, 4.69) is 41.8 Å². The van der Waals surface area contributed by atoms with Crippen LogP contribution in [0.1, 0.15) is 11.1 Å². The first-order chi connectivity index (χ1) is 18.6. The van der Waals surface area contributed by atoms with E-state index in [1.807, 2.05) is 45.8 Å². The fourth-order valence-corrected chi connectivity index (χ4v) is 5.22.